The molecule has 0 aliphatic carbocycles. The van der Waals surface area contributed by atoms with Gasteiger partial charge in [-0.25, -0.2) is 4.98 Å². The first-order chi connectivity index (χ1) is 9.99. The second-order valence-corrected chi connectivity index (χ2v) is 6.63. The number of fused-ring (bicyclic) bond motifs is 1. The number of aromatic amines is 1. The van der Waals surface area contributed by atoms with Gasteiger partial charge in [0.2, 0.25) is 0 Å². The lowest BCUT2D eigenvalue weighted by atomic mass is 10.2. The smallest absolute Gasteiger partial charge is 0.259 e. The Balaban J connectivity index is 1.93. The quantitative estimate of drug-likeness (QED) is 0.771. The molecule has 0 amide bonds. The summed E-state index contributed by atoms with van der Waals surface area (Å²) in [6, 6.07) is 0. The van der Waals surface area contributed by atoms with Crippen LogP contribution < -0.4 is 10.9 Å². The number of thiophene rings is 1. The molecule has 0 unspecified atom stereocenters. The van der Waals surface area contributed by atoms with Gasteiger partial charge in [-0.05, 0) is 46.2 Å². The first-order valence-electron chi connectivity index (χ1n) is 7.30. The minimum absolute atomic E-state index is 0.0400. The Morgan fingerprint density at radius 3 is 2.86 bits per heavy atom. The van der Waals surface area contributed by atoms with E-state index in [4.69, 9.17) is 4.74 Å². The summed E-state index contributed by atoms with van der Waals surface area (Å²) >= 11 is 1.58. The van der Waals surface area contributed by atoms with Crippen molar-refractivity contribution < 1.29 is 4.74 Å². The standard InChI is InChI=1S/C15H23N3O2S/c1-9(2)20-7-5-6-16-8-12-17-14(19)13-10(3)11(4)21-15(13)18-12/h9,16H,5-8H2,1-4H3,(H,17,18,19). The van der Waals surface area contributed by atoms with Gasteiger partial charge in [0.15, 0.2) is 0 Å². The highest BCUT2D eigenvalue weighted by Crippen LogP contribution is 2.25. The number of aromatic nitrogens is 2. The van der Waals surface area contributed by atoms with E-state index in [1.54, 1.807) is 11.3 Å². The maximum Gasteiger partial charge on any atom is 0.259 e. The molecule has 6 heteroatoms. The molecule has 0 aromatic carbocycles. The predicted octanol–water partition coefficient (Wildman–Crippen LogP) is 2.51. The zero-order chi connectivity index (χ0) is 15.4. The van der Waals surface area contributed by atoms with Gasteiger partial charge in [-0.2, -0.15) is 0 Å². The first-order valence-corrected chi connectivity index (χ1v) is 8.12. The zero-order valence-corrected chi connectivity index (χ0v) is 13.9. The van der Waals surface area contributed by atoms with Gasteiger partial charge in [0.1, 0.15) is 10.7 Å². The first kappa shape index (κ1) is 16.1. The molecule has 21 heavy (non-hydrogen) atoms. The molecule has 0 aliphatic rings. The molecule has 0 saturated heterocycles. The number of hydrogen-bond acceptors (Lipinski definition) is 5. The van der Waals surface area contributed by atoms with Crippen molar-refractivity contribution >= 4 is 21.6 Å². The van der Waals surface area contributed by atoms with Crippen LogP contribution in [-0.4, -0.2) is 29.2 Å². The summed E-state index contributed by atoms with van der Waals surface area (Å²) in [5.41, 5.74) is 0.996. The van der Waals surface area contributed by atoms with Crippen molar-refractivity contribution in [1.82, 2.24) is 15.3 Å². The van der Waals surface area contributed by atoms with E-state index >= 15 is 0 Å². The van der Waals surface area contributed by atoms with Crippen molar-refractivity contribution in [3.05, 3.63) is 26.6 Å². The van der Waals surface area contributed by atoms with Crippen LogP contribution in [0.1, 0.15) is 36.5 Å². The lowest BCUT2D eigenvalue weighted by molar-refractivity contribution is 0.0770. The van der Waals surface area contributed by atoms with Gasteiger partial charge in [-0.1, -0.05) is 0 Å². The topological polar surface area (TPSA) is 67.0 Å². The van der Waals surface area contributed by atoms with Gasteiger partial charge < -0.3 is 15.0 Å². The average molecular weight is 309 g/mol. The Hall–Kier alpha value is -1.24. The second kappa shape index (κ2) is 7.15. The number of hydrogen-bond donors (Lipinski definition) is 2. The molecule has 0 fully saturated rings. The van der Waals surface area contributed by atoms with E-state index in [2.05, 4.69) is 15.3 Å². The molecule has 2 aromatic heterocycles. The van der Waals surface area contributed by atoms with E-state index in [0.29, 0.717) is 12.4 Å². The van der Waals surface area contributed by atoms with Crippen LogP contribution in [0, 0.1) is 13.8 Å². The molecule has 0 radical (unpaired) electrons. The van der Waals surface area contributed by atoms with Crippen LogP contribution in [0.5, 0.6) is 0 Å². The van der Waals surface area contributed by atoms with Crippen LogP contribution in [0.3, 0.4) is 0 Å². The Morgan fingerprint density at radius 2 is 2.14 bits per heavy atom. The Labute approximate surface area is 128 Å². The maximum atomic E-state index is 12.1. The average Bonchev–Trinajstić information content (AvgIpc) is 2.69. The molecule has 2 aromatic rings. The summed E-state index contributed by atoms with van der Waals surface area (Å²) in [6.07, 6.45) is 1.22. The molecule has 2 rings (SSSR count). The number of nitrogens with zero attached hydrogens (tertiary/aromatic N) is 1. The van der Waals surface area contributed by atoms with Crippen LogP contribution in [0.15, 0.2) is 4.79 Å². The molecule has 0 spiro atoms. The highest BCUT2D eigenvalue weighted by atomic mass is 32.1. The van der Waals surface area contributed by atoms with Gasteiger partial charge in [-0.15, -0.1) is 11.3 Å². The van der Waals surface area contributed by atoms with E-state index in [0.717, 1.165) is 40.2 Å². The number of ether oxygens (including phenoxy) is 1. The van der Waals surface area contributed by atoms with Gasteiger partial charge in [-0.3, -0.25) is 4.79 Å². The number of H-pyrrole nitrogens is 1. The minimum Gasteiger partial charge on any atom is -0.379 e. The van der Waals surface area contributed by atoms with Gasteiger partial charge in [0, 0.05) is 11.5 Å². The maximum absolute atomic E-state index is 12.1. The van der Waals surface area contributed by atoms with Crippen molar-refractivity contribution in [2.24, 2.45) is 0 Å². The Bertz CT molecular complexity index is 661. The molecule has 5 nitrogen and oxygen atoms in total. The lowest BCUT2D eigenvalue weighted by Gasteiger charge is -2.08. The van der Waals surface area contributed by atoms with Crippen LogP contribution in [0.25, 0.3) is 10.2 Å². The summed E-state index contributed by atoms with van der Waals surface area (Å²) < 4.78 is 5.48. The highest BCUT2D eigenvalue weighted by molar-refractivity contribution is 7.18. The predicted molar refractivity (Wildman–Crippen MR) is 87.1 cm³/mol. The monoisotopic (exact) mass is 309 g/mol. The summed E-state index contributed by atoms with van der Waals surface area (Å²) in [5, 5.41) is 4.01. The lowest BCUT2D eigenvalue weighted by Crippen LogP contribution is -2.21. The summed E-state index contributed by atoms with van der Waals surface area (Å²) in [5.74, 6) is 0.693. The Morgan fingerprint density at radius 1 is 1.38 bits per heavy atom. The van der Waals surface area contributed by atoms with Crippen molar-refractivity contribution in [1.29, 1.82) is 0 Å². The van der Waals surface area contributed by atoms with Crippen molar-refractivity contribution in [3.8, 4) is 0 Å². The van der Waals surface area contributed by atoms with Crippen molar-refractivity contribution in [2.75, 3.05) is 13.2 Å². The minimum atomic E-state index is -0.0400. The van der Waals surface area contributed by atoms with Gasteiger partial charge in [0.05, 0.1) is 18.0 Å². The highest BCUT2D eigenvalue weighted by Gasteiger charge is 2.11. The third kappa shape index (κ3) is 4.12. The number of nitrogens with one attached hydrogen (secondary N) is 2. The number of aryl methyl sites for hydroxylation is 2. The summed E-state index contributed by atoms with van der Waals surface area (Å²) in [7, 11) is 0. The molecule has 0 atom stereocenters. The van der Waals surface area contributed by atoms with E-state index in [-0.39, 0.29) is 11.7 Å². The molecular weight excluding hydrogens is 286 g/mol. The third-order valence-corrected chi connectivity index (χ3v) is 4.43. The molecule has 2 N–H and O–H groups in total. The molecule has 2 heterocycles. The third-order valence-electron chi connectivity index (χ3n) is 3.33. The van der Waals surface area contributed by atoms with Crippen LogP contribution in [0.2, 0.25) is 0 Å². The zero-order valence-electron chi connectivity index (χ0n) is 13.1. The normalized spacial score (nSPS) is 11.7. The largest absolute Gasteiger partial charge is 0.379 e. The fourth-order valence-corrected chi connectivity index (χ4v) is 3.15. The van der Waals surface area contributed by atoms with Gasteiger partial charge in [0.25, 0.3) is 5.56 Å². The van der Waals surface area contributed by atoms with Crippen LogP contribution >= 0.6 is 11.3 Å². The fraction of sp³-hybridized carbons (Fsp3) is 0.600. The van der Waals surface area contributed by atoms with Crippen LogP contribution in [-0.2, 0) is 11.3 Å². The SMILES string of the molecule is Cc1sc2nc(CNCCCOC(C)C)[nH]c(=O)c2c1C. The van der Waals surface area contributed by atoms with Crippen molar-refractivity contribution in [2.45, 2.75) is 46.8 Å². The van der Waals surface area contributed by atoms with Crippen LogP contribution in [0.4, 0.5) is 0 Å². The molecule has 116 valence electrons. The van der Waals surface area contributed by atoms with E-state index in [1.807, 2.05) is 27.7 Å². The Kier molecular flexibility index (Phi) is 5.50. The molecule has 0 bridgehead atoms. The fourth-order valence-electron chi connectivity index (χ4n) is 2.11. The molecule has 0 saturated carbocycles. The van der Waals surface area contributed by atoms with E-state index in [9.17, 15) is 4.79 Å². The second-order valence-electron chi connectivity index (χ2n) is 5.43. The molecule has 0 aliphatic heterocycles. The summed E-state index contributed by atoms with van der Waals surface area (Å²) in [4.78, 5) is 21.5. The van der Waals surface area contributed by atoms with E-state index < -0.39 is 0 Å². The van der Waals surface area contributed by atoms with Crippen molar-refractivity contribution in [3.63, 3.8) is 0 Å². The summed E-state index contributed by atoms with van der Waals surface area (Å²) in [6.45, 7) is 10.2. The number of rotatable bonds is 7. The van der Waals surface area contributed by atoms with E-state index in [1.165, 1.54) is 0 Å². The van der Waals surface area contributed by atoms with Gasteiger partial charge >= 0.3 is 0 Å². The molecular formula is C15H23N3O2S.